The molecule has 8 nitrogen and oxygen atoms in total. The first-order valence-corrected chi connectivity index (χ1v) is 13.7. The minimum absolute atomic E-state index is 0.0440. The van der Waals surface area contributed by atoms with E-state index in [0.29, 0.717) is 19.5 Å². The van der Waals surface area contributed by atoms with Crippen LogP contribution in [-0.4, -0.2) is 55.2 Å². The minimum atomic E-state index is -3.93. The van der Waals surface area contributed by atoms with Crippen LogP contribution in [0.5, 0.6) is 0 Å². The Bertz CT molecular complexity index is 1410. The molecule has 0 aromatic heterocycles. The van der Waals surface area contributed by atoms with Crippen LogP contribution in [0.3, 0.4) is 0 Å². The zero-order valence-electron chi connectivity index (χ0n) is 20.1. The van der Waals surface area contributed by atoms with E-state index in [4.69, 9.17) is 11.1 Å². The van der Waals surface area contributed by atoms with E-state index in [1.54, 1.807) is 18.2 Å². The zero-order chi connectivity index (χ0) is 25.3. The van der Waals surface area contributed by atoms with E-state index >= 15 is 0 Å². The molecule has 5 rings (SSSR count). The smallest absolute Gasteiger partial charge is 0.244 e. The van der Waals surface area contributed by atoms with Crippen molar-refractivity contribution in [2.45, 2.75) is 36.7 Å². The van der Waals surface area contributed by atoms with Crippen molar-refractivity contribution in [1.82, 2.24) is 14.5 Å². The lowest BCUT2D eigenvalue weighted by Crippen LogP contribution is -2.54. The van der Waals surface area contributed by atoms with Gasteiger partial charge in [0.2, 0.25) is 15.9 Å². The van der Waals surface area contributed by atoms with Crippen LogP contribution in [0.25, 0.3) is 10.8 Å². The summed E-state index contributed by atoms with van der Waals surface area (Å²) in [5.41, 5.74) is 7.55. The van der Waals surface area contributed by atoms with Crippen LogP contribution in [0.2, 0.25) is 0 Å². The van der Waals surface area contributed by atoms with Gasteiger partial charge in [0.15, 0.2) is 5.96 Å². The average Bonchev–Trinajstić information content (AvgIpc) is 2.90. The predicted octanol–water partition coefficient (Wildman–Crippen LogP) is 2.68. The van der Waals surface area contributed by atoms with Gasteiger partial charge in [-0.15, -0.1) is 0 Å². The van der Waals surface area contributed by atoms with Gasteiger partial charge < -0.3 is 16.0 Å². The van der Waals surface area contributed by atoms with Gasteiger partial charge in [0.1, 0.15) is 6.04 Å². The first kappa shape index (κ1) is 24.3. The molecule has 9 heteroatoms. The first-order chi connectivity index (χ1) is 17.3. The van der Waals surface area contributed by atoms with Crippen molar-refractivity contribution < 1.29 is 13.2 Å². The van der Waals surface area contributed by atoms with Gasteiger partial charge in [-0.2, -0.15) is 4.31 Å². The molecule has 0 bridgehead atoms. The van der Waals surface area contributed by atoms with Crippen molar-refractivity contribution in [3.63, 3.8) is 0 Å². The molecule has 0 saturated carbocycles. The number of amides is 1. The molecule has 4 N–H and O–H groups in total. The summed E-state index contributed by atoms with van der Waals surface area (Å²) < 4.78 is 29.1. The van der Waals surface area contributed by atoms with Crippen molar-refractivity contribution in [3.05, 3.63) is 77.9 Å². The number of nitrogens with two attached hydrogens (primary N) is 1. The third kappa shape index (κ3) is 4.81. The number of fused-ring (bicyclic) bond motifs is 2. The van der Waals surface area contributed by atoms with Crippen LogP contribution < -0.4 is 11.1 Å². The molecule has 188 valence electrons. The lowest BCUT2D eigenvalue weighted by Gasteiger charge is -2.36. The maximum absolute atomic E-state index is 13.9. The second-order valence-electron chi connectivity index (χ2n) is 9.63. The van der Waals surface area contributed by atoms with Crippen LogP contribution in [0.1, 0.15) is 24.0 Å². The van der Waals surface area contributed by atoms with Gasteiger partial charge in [0.25, 0.3) is 0 Å². The topological polar surface area (TPSA) is 120 Å². The van der Waals surface area contributed by atoms with Gasteiger partial charge in [-0.25, -0.2) is 8.42 Å². The Balaban J connectivity index is 1.41. The Kier molecular flexibility index (Phi) is 6.68. The molecule has 1 amide bonds. The molecule has 2 atom stereocenters. The Morgan fingerprint density at radius 2 is 1.75 bits per heavy atom. The van der Waals surface area contributed by atoms with E-state index in [0.717, 1.165) is 41.3 Å². The number of hydrogen-bond donors (Lipinski definition) is 3. The third-order valence-corrected chi connectivity index (χ3v) is 9.11. The molecule has 2 aliphatic heterocycles. The summed E-state index contributed by atoms with van der Waals surface area (Å²) in [6.45, 7) is 1.93. The van der Waals surface area contributed by atoms with Gasteiger partial charge >= 0.3 is 0 Å². The highest BCUT2D eigenvalue weighted by atomic mass is 32.2. The molecule has 3 aromatic rings. The fourth-order valence-electron chi connectivity index (χ4n) is 5.25. The minimum Gasteiger partial charge on any atom is -0.370 e. The molecule has 3 aromatic carbocycles. The number of guanidine groups is 1. The monoisotopic (exact) mass is 505 g/mol. The number of benzene rings is 3. The van der Waals surface area contributed by atoms with Crippen molar-refractivity contribution in [2.75, 3.05) is 19.6 Å². The zero-order valence-corrected chi connectivity index (χ0v) is 20.9. The summed E-state index contributed by atoms with van der Waals surface area (Å²) in [5, 5.41) is 12.5. The molecule has 2 aliphatic rings. The molecule has 0 spiro atoms. The standard InChI is InChI=1S/C27H31N5O3S/c28-27(29)31-13-5-6-19(17-31)16-30-26(33)25-15-22-9-3-4-10-23(22)18-32(25)36(34,35)24-12-11-20-7-1-2-8-21(20)14-24/h1-4,7-12,14,19,25H,5-6,13,15-18H2,(H3,28,29)(H,30,33)/t19?,25-/m1/s1. The third-order valence-electron chi connectivity index (χ3n) is 7.26. The van der Waals surface area contributed by atoms with E-state index in [1.807, 2.05) is 53.4 Å². The van der Waals surface area contributed by atoms with E-state index in [2.05, 4.69) is 5.32 Å². The number of rotatable bonds is 5. The molecular weight excluding hydrogens is 474 g/mol. The number of likely N-dealkylation sites (tertiary alicyclic amines) is 1. The maximum Gasteiger partial charge on any atom is 0.244 e. The first-order valence-electron chi connectivity index (χ1n) is 12.3. The van der Waals surface area contributed by atoms with Gasteiger partial charge in [-0.1, -0.05) is 54.6 Å². The Morgan fingerprint density at radius 1 is 1.03 bits per heavy atom. The van der Waals surface area contributed by atoms with E-state index in [-0.39, 0.29) is 29.2 Å². The van der Waals surface area contributed by atoms with Crippen molar-refractivity contribution in [3.8, 4) is 0 Å². The summed E-state index contributed by atoms with van der Waals surface area (Å²) >= 11 is 0. The fourth-order valence-corrected chi connectivity index (χ4v) is 6.85. The van der Waals surface area contributed by atoms with Crippen molar-refractivity contribution in [2.24, 2.45) is 11.7 Å². The largest absolute Gasteiger partial charge is 0.370 e. The Labute approximate surface area is 211 Å². The molecule has 1 unspecified atom stereocenters. The summed E-state index contributed by atoms with van der Waals surface area (Å²) in [4.78, 5) is 15.5. The number of sulfonamides is 1. The maximum atomic E-state index is 13.9. The van der Waals surface area contributed by atoms with Crippen LogP contribution in [0.15, 0.2) is 71.6 Å². The highest BCUT2D eigenvalue weighted by Gasteiger charge is 2.39. The lowest BCUT2D eigenvalue weighted by atomic mass is 9.94. The highest BCUT2D eigenvalue weighted by Crippen LogP contribution is 2.30. The number of piperidine rings is 1. The quantitative estimate of drug-likeness (QED) is 0.364. The van der Waals surface area contributed by atoms with Crippen LogP contribution >= 0.6 is 0 Å². The second-order valence-corrected chi connectivity index (χ2v) is 11.5. The molecule has 2 heterocycles. The van der Waals surface area contributed by atoms with Gasteiger partial charge in [-0.05, 0) is 59.2 Å². The number of nitrogens with zero attached hydrogens (tertiary/aromatic N) is 2. The van der Waals surface area contributed by atoms with E-state index in [9.17, 15) is 13.2 Å². The number of carbonyl (C=O) groups is 1. The molecule has 0 aliphatic carbocycles. The predicted molar refractivity (Wildman–Crippen MR) is 140 cm³/mol. The van der Waals surface area contributed by atoms with Crippen LogP contribution in [-0.2, 0) is 27.8 Å². The molecule has 1 fully saturated rings. The van der Waals surface area contributed by atoms with Crippen LogP contribution in [0, 0.1) is 11.3 Å². The molecule has 0 radical (unpaired) electrons. The summed E-state index contributed by atoms with van der Waals surface area (Å²) in [6.07, 6.45) is 2.15. The van der Waals surface area contributed by atoms with Crippen molar-refractivity contribution >= 4 is 32.7 Å². The van der Waals surface area contributed by atoms with Gasteiger partial charge in [0, 0.05) is 26.2 Å². The fraction of sp³-hybridized carbons (Fsp3) is 0.333. The van der Waals surface area contributed by atoms with Crippen LogP contribution in [0.4, 0.5) is 0 Å². The molecule has 36 heavy (non-hydrogen) atoms. The number of hydrogen-bond acceptors (Lipinski definition) is 4. The molecule has 1 saturated heterocycles. The normalized spacial score (nSPS) is 20.6. The van der Waals surface area contributed by atoms with Gasteiger partial charge in [0.05, 0.1) is 4.90 Å². The SMILES string of the molecule is N=C(N)N1CCCC(CNC(=O)[C@H]2Cc3ccccc3CN2S(=O)(=O)c2ccc3ccccc3c2)C1. The Hall–Kier alpha value is -3.43. The number of carbonyl (C=O) groups excluding carboxylic acids is 1. The lowest BCUT2D eigenvalue weighted by molar-refractivity contribution is -0.125. The summed E-state index contributed by atoms with van der Waals surface area (Å²) in [5.74, 6) is -0.0931. The summed E-state index contributed by atoms with van der Waals surface area (Å²) in [6, 6.07) is 19.6. The van der Waals surface area contributed by atoms with E-state index < -0.39 is 16.1 Å². The average molecular weight is 506 g/mol. The Morgan fingerprint density at radius 3 is 2.53 bits per heavy atom. The van der Waals surface area contributed by atoms with Crippen molar-refractivity contribution in [1.29, 1.82) is 5.41 Å². The highest BCUT2D eigenvalue weighted by molar-refractivity contribution is 7.89. The van der Waals surface area contributed by atoms with Gasteiger partial charge in [-0.3, -0.25) is 10.2 Å². The molecular formula is C27H31N5O3S. The number of nitrogens with one attached hydrogen (secondary N) is 2. The summed E-state index contributed by atoms with van der Waals surface area (Å²) in [7, 11) is -3.93. The second kappa shape index (κ2) is 9.91. The van der Waals surface area contributed by atoms with E-state index in [1.165, 1.54) is 4.31 Å².